The quantitative estimate of drug-likeness (QED) is 0.627. The number of benzene rings is 2. The highest BCUT2D eigenvalue weighted by Crippen LogP contribution is 2.24. The van der Waals surface area contributed by atoms with Crippen molar-refractivity contribution in [3.05, 3.63) is 84.3 Å². The number of hydrogen-bond acceptors (Lipinski definition) is 3. The average molecular weight is 301 g/mol. The SMILES string of the molecule is Oc1cccc(-n2c(Cc3ccccc3)nc3cccnc32)c1. The van der Waals surface area contributed by atoms with Crippen molar-refractivity contribution < 1.29 is 5.11 Å². The molecule has 0 saturated carbocycles. The zero-order chi connectivity index (χ0) is 15.6. The van der Waals surface area contributed by atoms with Crippen LogP contribution < -0.4 is 0 Å². The Balaban J connectivity index is 1.91. The van der Waals surface area contributed by atoms with E-state index in [1.807, 2.05) is 47.0 Å². The summed E-state index contributed by atoms with van der Waals surface area (Å²) in [6.07, 6.45) is 2.46. The van der Waals surface area contributed by atoms with Crippen LogP contribution in [0.2, 0.25) is 0 Å². The molecule has 0 aliphatic rings. The second-order valence-electron chi connectivity index (χ2n) is 5.39. The van der Waals surface area contributed by atoms with Gasteiger partial charge in [0.1, 0.15) is 17.1 Å². The molecular weight excluding hydrogens is 286 g/mol. The lowest BCUT2D eigenvalue weighted by Crippen LogP contribution is -2.03. The summed E-state index contributed by atoms with van der Waals surface area (Å²) in [5, 5.41) is 9.81. The van der Waals surface area contributed by atoms with Gasteiger partial charge in [0, 0.05) is 18.7 Å². The van der Waals surface area contributed by atoms with Crippen LogP contribution in [0.5, 0.6) is 5.75 Å². The fraction of sp³-hybridized carbons (Fsp3) is 0.0526. The molecule has 2 aromatic carbocycles. The molecule has 0 bridgehead atoms. The van der Waals surface area contributed by atoms with Crippen molar-refractivity contribution in [1.82, 2.24) is 14.5 Å². The summed E-state index contributed by atoms with van der Waals surface area (Å²) in [4.78, 5) is 9.20. The van der Waals surface area contributed by atoms with Crippen LogP contribution >= 0.6 is 0 Å². The second kappa shape index (κ2) is 5.57. The van der Waals surface area contributed by atoms with Crippen LogP contribution in [0.25, 0.3) is 16.9 Å². The molecule has 2 heterocycles. The molecular formula is C19H15N3O. The number of hydrogen-bond donors (Lipinski definition) is 1. The van der Waals surface area contributed by atoms with Crippen LogP contribution in [0.1, 0.15) is 11.4 Å². The van der Waals surface area contributed by atoms with E-state index >= 15 is 0 Å². The summed E-state index contributed by atoms with van der Waals surface area (Å²) in [7, 11) is 0. The van der Waals surface area contributed by atoms with Crippen LogP contribution in [0.15, 0.2) is 72.9 Å². The van der Waals surface area contributed by atoms with Gasteiger partial charge in [0.05, 0.1) is 5.69 Å². The van der Waals surface area contributed by atoms with E-state index in [4.69, 9.17) is 4.98 Å². The molecule has 112 valence electrons. The summed E-state index contributed by atoms with van der Waals surface area (Å²) in [5.74, 6) is 1.13. The van der Waals surface area contributed by atoms with Crippen molar-refractivity contribution >= 4 is 11.2 Å². The smallest absolute Gasteiger partial charge is 0.164 e. The Hall–Kier alpha value is -3.14. The van der Waals surface area contributed by atoms with Gasteiger partial charge in [0.2, 0.25) is 0 Å². The minimum Gasteiger partial charge on any atom is -0.508 e. The summed E-state index contributed by atoms with van der Waals surface area (Å²) in [5.41, 5.74) is 3.69. The van der Waals surface area contributed by atoms with Gasteiger partial charge in [-0.25, -0.2) is 9.97 Å². The number of phenolic OH excluding ortho intramolecular Hbond substituents is 1. The molecule has 4 heteroatoms. The third-order valence-corrected chi connectivity index (χ3v) is 3.78. The first-order valence-corrected chi connectivity index (χ1v) is 7.47. The van der Waals surface area contributed by atoms with Crippen LogP contribution in [0, 0.1) is 0 Å². The zero-order valence-electron chi connectivity index (χ0n) is 12.4. The van der Waals surface area contributed by atoms with Gasteiger partial charge in [0.25, 0.3) is 0 Å². The van der Waals surface area contributed by atoms with Crippen molar-refractivity contribution in [1.29, 1.82) is 0 Å². The van der Waals surface area contributed by atoms with Crippen LogP contribution in [-0.4, -0.2) is 19.6 Å². The molecule has 4 nitrogen and oxygen atoms in total. The van der Waals surface area contributed by atoms with Gasteiger partial charge in [-0.05, 0) is 29.8 Å². The standard InChI is InChI=1S/C19H15N3O/c23-16-9-4-8-15(13-16)22-18(12-14-6-2-1-3-7-14)21-17-10-5-11-20-19(17)22/h1-11,13,23H,12H2. The van der Waals surface area contributed by atoms with Crippen molar-refractivity contribution in [2.45, 2.75) is 6.42 Å². The van der Waals surface area contributed by atoms with Gasteiger partial charge in [-0.15, -0.1) is 0 Å². The Morgan fingerprint density at radius 1 is 0.913 bits per heavy atom. The van der Waals surface area contributed by atoms with Gasteiger partial charge in [-0.1, -0.05) is 36.4 Å². The Morgan fingerprint density at radius 2 is 1.78 bits per heavy atom. The highest BCUT2D eigenvalue weighted by molar-refractivity contribution is 5.74. The van der Waals surface area contributed by atoms with Crippen molar-refractivity contribution in [3.8, 4) is 11.4 Å². The van der Waals surface area contributed by atoms with Crippen molar-refractivity contribution in [2.75, 3.05) is 0 Å². The number of phenols is 1. The van der Waals surface area contributed by atoms with E-state index in [0.29, 0.717) is 6.42 Å². The molecule has 0 saturated heterocycles. The zero-order valence-corrected chi connectivity index (χ0v) is 12.4. The highest BCUT2D eigenvalue weighted by atomic mass is 16.3. The normalized spacial score (nSPS) is 11.0. The summed E-state index contributed by atoms with van der Waals surface area (Å²) >= 11 is 0. The molecule has 0 spiro atoms. The molecule has 0 aliphatic carbocycles. The first kappa shape index (κ1) is 13.5. The van der Waals surface area contributed by atoms with E-state index < -0.39 is 0 Å². The highest BCUT2D eigenvalue weighted by Gasteiger charge is 2.14. The molecule has 0 aliphatic heterocycles. The first-order valence-electron chi connectivity index (χ1n) is 7.47. The molecule has 0 unspecified atom stereocenters. The fourth-order valence-electron chi connectivity index (χ4n) is 2.76. The topological polar surface area (TPSA) is 50.9 Å². The maximum Gasteiger partial charge on any atom is 0.164 e. The summed E-state index contributed by atoms with van der Waals surface area (Å²) in [6.45, 7) is 0. The summed E-state index contributed by atoms with van der Waals surface area (Å²) in [6, 6.07) is 21.2. The van der Waals surface area contributed by atoms with E-state index in [1.54, 1.807) is 18.3 Å². The van der Waals surface area contributed by atoms with Crippen LogP contribution in [0.3, 0.4) is 0 Å². The van der Waals surface area contributed by atoms with E-state index in [-0.39, 0.29) is 5.75 Å². The molecule has 0 atom stereocenters. The third kappa shape index (κ3) is 2.55. The molecule has 0 radical (unpaired) electrons. The van der Waals surface area contributed by atoms with Gasteiger partial charge in [-0.2, -0.15) is 0 Å². The van der Waals surface area contributed by atoms with Crippen LogP contribution in [-0.2, 0) is 6.42 Å². The van der Waals surface area contributed by atoms with Crippen molar-refractivity contribution in [2.24, 2.45) is 0 Å². The Bertz CT molecular complexity index is 961. The maximum absolute atomic E-state index is 9.81. The monoisotopic (exact) mass is 301 g/mol. The average Bonchev–Trinajstić information content (AvgIpc) is 2.93. The minimum atomic E-state index is 0.228. The largest absolute Gasteiger partial charge is 0.508 e. The molecule has 0 fully saturated rings. The van der Waals surface area contributed by atoms with Gasteiger partial charge >= 0.3 is 0 Å². The van der Waals surface area contributed by atoms with Crippen molar-refractivity contribution in [3.63, 3.8) is 0 Å². The minimum absolute atomic E-state index is 0.228. The molecule has 2 aromatic heterocycles. The Labute approximate surface area is 133 Å². The molecule has 4 rings (SSSR count). The summed E-state index contributed by atoms with van der Waals surface area (Å²) < 4.78 is 2.00. The molecule has 23 heavy (non-hydrogen) atoms. The second-order valence-corrected chi connectivity index (χ2v) is 5.39. The number of aromatic nitrogens is 3. The lowest BCUT2D eigenvalue weighted by atomic mass is 10.1. The predicted octanol–water partition coefficient (Wildman–Crippen LogP) is 3.72. The molecule has 4 aromatic rings. The number of aromatic hydroxyl groups is 1. The molecule has 1 N–H and O–H groups in total. The number of pyridine rings is 1. The third-order valence-electron chi connectivity index (χ3n) is 3.78. The fourth-order valence-corrected chi connectivity index (χ4v) is 2.76. The molecule has 0 amide bonds. The van der Waals surface area contributed by atoms with Gasteiger partial charge in [0.15, 0.2) is 5.65 Å². The Morgan fingerprint density at radius 3 is 2.61 bits per heavy atom. The number of imidazole rings is 1. The lowest BCUT2D eigenvalue weighted by molar-refractivity contribution is 0.475. The number of fused-ring (bicyclic) bond motifs is 1. The van der Waals surface area contributed by atoms with E-state index in [0.717, 1.165) is 22.7 Å². The van der Waals surface area contributed by atoms with Gasteiger partial charge < -0.3 is 5.11 Å². The van der Waals surface area contributed by atoms with E-state index in [1.165, 1.54) is 5.56 Å². The maximum atomic E-state index is 9.81. The lowest BCUT2D eigenvalue weighted by Gasteiger charge is -2.09. The predicted molar refractivity (Wildman–Crippen MR) is 89.8 cm³/mol. The first-order chi connectivity index (χ1) is 11.3. The van der Waals surface area contributed by atoms with E-state index in [2.05, 4.69) is 17.1 Å². The van der Waals surface area contributed by atoms with Crippen LogP contribution in [0.4, 0.5) is 0 Å². The number of rotatable bonds is 3. The Kier molecular flexibility index (Phi) is 3.27. The van der Waals surface area contributed by atoms with Gasteiger partial charge in [-0.3, -0.25) is 4.57 Å². The van der Waals surface area contributed by atoms with E-state index in [9.17, 15) is 5.11 Å². The number of nitrogens with zero attached hydrogens (tertiary/aromatic N) is 3.